The molecule has 1 saturated heterocycles. The van der Waals surface area contributed by atoms with E-state index in [1.165, 1.54) is 27.8 Å². The number of rotatable bonds is 6. The van der Waals surface area contributed by atoms with E-state index in [4.69, 9.17) is 21.6 Å². The molecule has 0 bridgehead atoms. The Labute approximate surface area is 228 Å². The molecule has 0 amide bonds. The van der Waals surface area contributed by atoms with E-state index in [0.717, 1.165) is 22.6 Å². The Hall–Kier alpha value is -3.51. The van der Waals surface area contributed by atoms with E-state index in [-0.39, 0.29) is 16.7 Å². The average molecular weight is 567 g/mol. The molecule has 0 unspecified atom stereocenters. The van der Waals surface area contributed by atoms with Crippen LogP contribution in [0, 0.1) is 0 Å². The summed E-state index contributed by atoms with van der Waals surface area (Å²) >= 11 is 7.45. The Kier molecular flexibility index (Phi) is 6.52. The molecule has 4 heterocycles. The summed E-state index contributed by atoms with van der Waals surface area (Å²) < 4.78 is 29.9. The second-order valence-corrected chi connectivity index (χ2v) is 12.2. The molecule has 0 aliphatic carbocycles. The summed E-state index contributed by atoms with van der Waals surface area (Å²) in [6.07, 6.45) is 5.11. The number of phenols is 1. The first-order valence-corrected chi connectivity index (χ1v) is 14.7. The molecule has 1 aliphatic heterocycles. The van der Waals surface area contributed by atoms with Gasteiger partial charge in [0.15, 0.2) is 4.96 Å². The van der Waals surface area contributed by atoms with E-state index in [1.54, 1.807) is 36.5 Å². The smallest absolute Gasteiger partial charge is 0.243 e. The SMILES string of the molecule is O=S(=O)(c1ccc(Cl)cc1)N1CCC[C@H](Nc2nccc(-c3c(-c4cccc(O)c4)nc4sccn34)n2)C1. The number of anilines is 1. The molecule has 0 radical (unpaired) electrons. The van der Waals surface area contributed by atoms with Crippen LogP contribution in [0.25, 0.3) is 27.6 Å². The van der Waals surface area contributed by atoms with Gasteiger partial charge < -0.3 is 10.4 Å². The summed E-state index contributed by atoms with van der Waals surface area (Å²) in [5.41, 5.74) is 2.93. The van der Waals surface area contributed by atoms with E-state index in [1.807, 2.05) is 28.1 Å². The number of fused-ring (bicyclic) bond motifs is 1. The van der Waals surface area contributed by atoms with Gasteiger partial charge in [-0.15, -0.1) is 11.3 Å². The highest BCUT2D eigenvalue weighted by molar-refractivity contribution is 7.89. The quantitative estimate of drug-likeness (QED) is 0.292. The zero-order chi connectivity index (χ0) is 26.3. The van der Waals surface area contributed by atoms with Gasteiger partial charge in [-0.3, -0.25) is 4.40 Å². The monoisotopic (exact) mass is 566 g/mol. The van der Waals surface area contributed by atoms with Gasteiger partial charge in [0.1, 0.15) is 11.4 Å². The van der Waals surface area contributed by atoms with Crippen molar-refractivity contribution in [2.75, 3.05) is 18.4 Å². The van der Waals surface area contributed by atoms with Gasteiger partial charge in [0.2, 0.25) is 16.0 Å². The van der Waals surface area contributed by atoms with Gasteiger partial charge in [-0.2, -0.15) is 4.31 Å². The van der Waals surface area contributed by atoms with Crippen LogP contribution >= 0.6 is 22.9 Å². The fraction of sp³-hybridized carbons (Fsp3) is 0.192. The van der Waals surface area contributed by atoms with E-state index in [2.05, 4.69) is 10.3 Å². The number of phenolic OH excluding ortho intramolecular Hbond substituents is 1. The van der Waals surface area contributed by atoms with Crippen LogP contribution in [-0.2, 0) is 10.0 Å². The van der Waals surface area contributed by atoms with E-state index in [0.29, 0.717) is 41.9 Å². The van der Waals surface area contributed by atoms with Crippen LogP contribution in [0.3, 0.4) is 0 Å². The molecular weight excluding hydrogens is 544 g/mol. The first kappa shape index (κ1) is 24.8. The van der Waals surface area contributed by atoms with Gasteiger partial charge in [-0.1, -0.05) is 23.7 Å². The van der Waals surface area contributed by atoms with Gasteiger partial charge in [-0.05, 0) is 55.3 Å². The number of piperidine rings is 1. The lowest BCUT2D eigenvalue weighted by molar-refractivity contribution is 0.326. The highest BCUT2D eigenvalue weighted by atomic mass is 35.5. The minimum atomic E-state index is -3.64. The normalized spacial score (nSPS) is 16.6. The van der Waals surface area contributed by atoms with Gasteiger partial charge in [0.05, 0.1) is 16.3 Å². The van der Waals surface area contributed by atoms with Gasteiger partial charge in [0.25, 0.3) is 0 Å². The second-order valence-electron chi connectivity index (χ2n) is 8.98. The molecule has 3 aromatic heterocycles. The van der Waals surface area contributed by atoms with Gasteiger partial charge in [0, 0.05) is 47.5 Å². The van der Waals surface area contributed by atoms with Crippen LogP contribution < -0.4 is 5.32 Å². The summed E-state index contributed by atoms with van der Waals surface area (Å²) in [4.78, 5) is 15.0. The Morgan fingerprint density at radius 2 is 1.95 bits per heavy atom. The lowest BCUT2D eigenvalue weighted by Gasteiger charge is -2.32. The first-order chi connectivity index (χ1) is 18.4. The van der Waals surface area contributed by atoms with Crippen molar-refractivity contribution in [3.8, 4) is 28.4 Å². The Morgan fingerprint density at radius 1 is 1.11 bits per heavy atom. The molecule has 5 aromatic rings. The van der Waals surface area contributed by atoms with Crippen molar-refractivity contribution in [3.63, 3.8) is 0 Å². The zero-order valence-corrected chi connectivity index (χ0v) is 22.4. The molecule has 6 rings (SSSR count). The van der Waals surface area contributed by atoms with Crippen molar-refractivity contribution >= 4 is 43.9 Å². The molecule has 1 aliphatic rings. The lowest BCUT2D eigenvalue weighted by Crippen LogP contribution is -2.45. The number of nitrogens with zero attached hydrogens (tertiary/aromatic N) is 5. The third-order valence-corrected chi connectivity index (χ3v) is 9.34. The summed E-state index contributed by atoms with van der Waals surface area (Å²) in [6.45, 7) is 0.748. The molecule has 194 valence electrons. The first-order valence-electron chi connectivity index (χ1n) is 12.0. The molecule has 1 fully saturated rings. The average Bonchev–Trinajstić information content (AvgIpc) is 3.51. The highest BCUT2D eigenvalue weighted by Crippen LogP contribution is 2.35. The largest absolute Gasteiger partial charge is 0.508 e. The van der Waals surface area contributed by atoms with Crippen LogP contribution in [0.15, 0.2) is 77.3 Å². The Bertz CT molecular complexity index is 1720. The number of hydrogen-bond donors (Lipinski definition) is 2. The number of aromatic nitrogens is 4. The topological polar surface area (TPSA) is 113 Å². The maximum absolute atomic E-state index is 13.2. The number of benzene rings is 2. The number of hydrogen-bond acceptors (Lipinski definition) is 8. The van der Waals surface area contributed by atoms with Crippen LogP contribution in [0.2, 0.25) is 5.02 Å². The predicted octanol–water partition coefficient (Wildman–Crippen LogP) is 5.14. The number of sulfonamides is 1. The van der Waals surface area contributed by atoms with Crippen molar-refractivity contribution in [1.29, 1.82) is 0 Å². The fourth-order valence-electron chi connectivity index (χ4n) is 4.66. The molecular formula is C26H23ClN6O3S2. The third-order valence-electron chi connectivity index (χ3n) is 6.45. The summed E-state index contributed by atoms with van der Waals surface area (Å²) in [6, 6.07) is 14.9. The van der Waals surface area contributed by atoms with Crippen LogP contribution in [0.4, 0.5) is 5.95 Å². The number of imidazole rings is 1. The van der Waals surface area contributed by atoms with Crippen molar-refractivity contribution in [1.82, 2.24) is 23.7 Å². The van der Waals surface area contributed by atoms with Crippen molar-refractivity contribution < 1.29 is 13.5 Å². The van der Waals surface area contributed by atoms with Gasteiger partial charge in [-0.25, -0.2) is 23.4 Å². The van der Waals surface area contributed by atoms with Crippen molar-refractivity contribution in [2.24, 2.45) is 0 Å². The predicted molar refractivity (Wildman–Crippen MR) is 148 cm³/mol. The minimum Gasteiger partial charge on any atom is -0.508 e. The Morgan fingerprint density at radius 3 is 2.76 bits per heavy atom. The molecule has 0 spiro atoms. The summed E-state index contributed by atoms with van der Waals surface area (Å²) in [5.74, 6) is 0.565. The molecule has 0 saturated carbocycles. The van der Waals surface area contributed by atoms with Crippen molar-refractivity contribution in [3.05, 3.63) is 77.4 Å². The zero-order valence-electron chi connectivity index (χ0n) is 20.0. The number of thiazole rings is 1. The number of halogens is 1. The maximum Gasteiger partial charge on any atom is 0.243 e. The molecule has 9 nitrogen and oxygen atoms in total. The summed E-state index contributed by atoms with van der Waals surface area (Å²) in [7, 11) is -3.64. The maximum atomic E-state index is 13.2. The van der Waals surface area contributed by atoms with E-state index < -0.39 is 10.0 Å². The fourth-order valence-corrected chi connectivity index (χ4v) is 7.03. The van der Waals surface area contributed by atoms with Crippen LogP contribution in [0.5, 0.6) is 5.75 Å². The standard InChI is InChI=1S/C26H23ClN6O3S2/c27-18-6-8-21(9-7-18)38(35,36)32-12-2-4-19(16-32)29-25-28-11-10-22(30-25)24-23(17-3-1-5-20(34)15-17)31-26-33(24)13-14-37-26/h1,3,5-11,13-15,19,34H,2,4,12,16H2,(H,28,29,30)/t19-/m0/s1. The van der Waals surface area contributed by atoms with Crippen molar-refractivity contribution in [2.45, 2.75) is 23.8 Å². The molecule has 1 atom stereocenters. The highest BCUT2D eigenvalue weighted by Gasteiger charge is 2.30. The lowest BCUT2D eigenvalue weighted by atomic mass is 10.1. The second kappa shape index (κ2) is 9.99. The number of aromatic hydroxyl groups is 1. The molecule has 12 heteroatoms. The Balaban J connectivity index is 1.28. The minimum absolute atomic E-state index is 0.154. The van der Waals surface area contributed by atoms with Gasteiger partial charge >= 0.3 is 0 Å². The molecule has 38 heavy (non-hydrogen) atoms. The van der Waals surface area contributed by atoms with Crippen LogP contribution in [0.1, 0.15) is 12.8 Å². The van der Waals surface area contributed by atoms with Crippen LogP contribution in [-0.4, -0.2) is 56.3 Å². The third kappa shape index (κ3) is 4.73. The summed E-state index contributed by atoms with van der Waals surface area (Å²) in [5, 5.41) is 15.8. The number of nitrogens with one attached hydrogen (secondary N) is 1. The van der Waals surface area contributed by atoms with E-state index >= 15 is 0 Å². The molecule has 2 N–H and O–H groups in total. The van der Waals surface area contributed by atoms with E-state index in [9.17, 15) is 13.5 Å². The molecule has 2 aromatic carbocycles.